The van der Waals surface area contributed by atoms with E-state index in [9.17, 15) is 13.2 Å². The lowest BCUT2D eigenvalue weighted by atomic mass is 10.1. The number of sulfonamides is 1. The number of carbonyl (C=O) groups excluding carboxylic acids is 1. The zero-order chi connectivity index (χ0) is 24.5. The van der Waals surface area contributed by atoms with Gasteiger partial charge in [0.1, 0.15) is 6.54 Å². The normalized spacial score (nSPS) is 11.4. The second-order valence-electron chi connectivity index (χ2n) is 8.57. The van der Waals surface area contributed by atoms with Crippen LogP contribution < -0.4 is 9.62 Å². The second-order valence-corrected chi connectivity index (χ2v) is 10.4. The highest BCUT2D eigenvalue weighted by Gasteiger charge is 2.30. The van der Waals surface area contributed by atoms with Crippen molar-refractivity contribution >= 4 is 38.1 Å². The number of amides is 1. The van der Waals surface area contributed by atoms with Gasteiger partial charge in [-0.15, -0.1) is 0 Å². The molecular formula is C28H28N2O3S. The molecule has 0 atom stereocenters. The predicted molar refractivity (Wildman–Crippen MR) is 139 cm³/mol. The molecule has 0 heterocycles. The van der Waals surface area contributed by atoms with E-state index in [1.165, 1.54) is 4.31 Å². The van der Waals surface area contributed by atoms with Crippen LogP contribution in [0.5, 0.6) is 0 Å². The Kier molecular flexibility index (Phi) is 6.44. The zero-order valence-electron chi connectivity index (χ0n) is 19.8. The van der Waals surface area contributed by atoms with Gasteiger partial charge < -0.3 is 5.32 Å². The molecular weight excluding hydrogens is 444 g/mol. The van der Waals surface area contributed by atoms with Crippen molar-refractivity contribution in [3.8, 4) is 0 Å². The zero-order valence-corrected chi connectivity index (χ0v) is 20.6. The van der Waals surface area contributed by atoms with E-state index in [-0.39, 0.29) is 11.4 Å². The third kappa shape index (κ3) is 4.54. The van der Waals surface area contributed by atoms with Gasteiger partial charge in [0.2, 0.25) is 5.91 Å². The maximum atomic E-state index is 14.1. The Balaban J connectivity index is 1.80. The molecule has 1 N–H and O–H groups in total. The van der Waals surface area contributed by atoms with Crippen LogP contribution in [-0.4, -0.2) is 20.9 Å². The van der Waals surface area contributed by atoms with E-state index in [0.29, 0.717) is 16.8 Å². The van der Waals surface area contributed by atoms with Gasteiger partial charge >= 0.3 is 0 Å². The van der Waals surface area contributed by atoms with Crippen LogP contribution in [0.4, 0.5) is 11.4 Å². The highest BCUT2D eigenvalue weighted by Crippen LogP contribution is 2.32. The average molecular weight is 473 g/mol. The van der Waals surface area contributed by atoms with Crippen molar-refractivity contribution in [1.82, 2.24) is 0 Å². The van der Waals surface area contributed by atoms with Crippen LogP contribution in [0.2, 0.25) is 0 Å². The van der Waals surface area contributed by atoms with Crippen molar-refractivity contribution in [3.63, 3.8) is 0 Å². The Hall–Kier alpha value is -3.64. The minimum atomic E-state index is -4.05. The molecule has 0 unspecified atom stereocenters. The van der Waals surface area contributed by atoms with Crippen LogP contribution in [0.15, 0.2) is 83.8 Å². The topological polar surface area (TPSA) is 66.5 Å². The van der Waals surface area contributed by atoms with E-state index in [1.54, 1.807) is 24.3 Å². The van der Waals surface area contributed by atoms with Gasteiger partial charge in [0, 0.05) is 11.1 Å². The molecule has 5 nitrogen and oxygen atoms in total. The second kappa shape index (κ2) is 9.31. The van der Waals surface area contributed by atoms with Gasteiger partial charge in [0.05, 0.1) is 10.6 Å². The summed E-state index contributed by atoms with van der Waals surface area (Å²) in [5.74, 6) is -0.406. The van der Waals surface area contributed by atoms with Crippen LogP contribution in [0.1, 0.15) is 22.3 Å². The van der Waals surface area contributed by atoms with E-state index >= 15 is 0 Å². The van der Waals surface area contributed by atoms with Crippen molar-refractivity contribution in [2.45, 2.75) is 32.6 Å². The Bertz CT molecular complexity index is 1490. The third-order valence-corrected chi connectivity index (χ3v) is 7.92. The van der Waals surface area contributed by atoms with E-state index in [2.05, 4.69) is 5.32 Å². The standard InChI is InChI=1S/C28H28N2O3S/c1-19-15-16-25(21(3)17-19)29-28(31)18-30(26-13-7-9-20(2)22(26)4)34(32,33)27-14-8-11-23-10-5-6-12-24(23)27/h5-17H,18H2,1-4H3,(H,29,31). The summed E-state index contributed by atoms with van der Waals surface area (Å²) in [4.78, 5) is 13.3. The first-order valence-electron chi connectivity index (χ1n) is 11.1. The smallest absolute Gasteiger partial charge is 0.265 e. The highest BCUT2D eigenvalue weighted by atomic mass is 32.2. The number of hydrogen-bond acceptors (Lipinski definition) is 3. The molecule has 0 fully saturated rings. The molecule has 0 bridgehead atoms. The fourth-order valence-electron chi connectivity index (χ4n) is 4.12. The molecule has 174 valence electrons. The Morgan fingerprint density at radius 3 is 2.29 bits per heavy atom. The fraction of sp³-hybridized carbons (Fsp3) is 0.179. The fourth-order valence-corrected chi connectivity index (χ4v) is 5.81. The number of carbonyl (C=O) groups is 1. The van der Waals surface area contributed by atoms with Crippen molar-refractivity contribution in [1.29, 1.82) is 0 Å². The van der Waals surface area contributed by atoms with E-state index in [4.69, 9.17) is 0 Å². The van der Waals surface area contributed by atoms with Gasteiger partial charge in [-0.05, 0) is 68.0 Å². The molecule has 0 spiro atoms. The first kappa shape index (κ1) is 23.5. The summed E-state index contributed by atoms with van der Waals surface area (Å²) in [7, 11) is -4.05. The van der Waals surface area contributed by atoms with E-state index in [1.807, 2.05) is 82.3 Å². The monoisotopic (exact) mass is 472 g/mol. The van der Waals surface area contributed by atoms with Gasteiger partial charge in [-0.1, -0.05) is 66.2 Å². The highest BCUT2D eigenvalue weighted by molar-refractivity contribution is 7.93. The van der Waals surface area contributed by atoms with Crippen molar-refractivity contribution < 1.29 is 13.2 Å². The first-order chi connectivity index (χ1) is 16.2. The van der Waals surface area contributed by atoms with Crippen LogP contribution >= 0.6 is 0 Å². The Labute approximate surface area is 201 Å². The SMILES string of the molecule is Cc1ccc(NC(=O)CN(c2cccc(C)c2C)S(=O)(=O)c2cccc3ccccc23)c(C)c1. The van der Waals surface area contributed by atoms with Gasteiger partial charge in [-0.2, -0.15) is 0 Å². The number of benzene rings is 4. The first-order valence-corrected chi connectivity index (χ1v) is 12.6. The number of fused-ring (bicyclic) bond motifs is 1. The lowest BCUT2D eigenvalue weighted by Crippen LogP contribution is -2.38. The molecule has 4 rings (SSSR count). The van der Waals surface area contributed by atoms with Gasteiger partial charge in [0.15, 0.2) is 0 Å². The lowest BCUT2D eigenvalue weighted by Gasteiger charge is -2.27. The van der Waals surface area contributed by atoms with Gasteiger partial charge in [0.25, 0.3) is 10.0 Å². The van der Waals surface area contributed by atoms with Crippen LogP contribution in [0, 0.1) is 27.7 Å². The lowest BCUT2D eigenvalue weighted by molar-refractivity contribution is -0.114. The van der Waals surface area contributed by atoms with Crippen LogP contribution in [-0.2, 0) is 14.8 Å². The summed E-state index contributed by atoms with van der Waals surface area (Å²) in [5.41, 5.74) is 4.92. The van der Waals surface area contributed by atoms with Crippen LogP contribution in [0.3, 0.4) is 0 Å². The molecule has 4 aromatic rings. The van der Waals surface area contributed by atoms with Crippen molar-refractivity contribution in [2.75, 3.05) is 16.2 Å². The number of aryl methyl sites for hydroxylation is 3. The number of nitrogens with zero attached hydrogens (tertiary/aromatic N) is 1. The van der Waals surface area contributed by atoms with E-state index in [0.717, 1.165) is 27.6 Å². The number of nitrogens with one attached hydrogen (secondary N) is 1. The predicted octanol–water partition coefficient (Wildman–Crippen LogP) is 5.91. The van der Waals surface area contributed by atoms with Crippen molar-refractivity contribution in [3.05, 3.63) is 101 Å². The molecule has 0 aliphatic carbocycles. The van der Waals surface area contributed by atoms with Crippen molar-refractivity contribution in [2.24, 2.45) is 0 Å². The summed E-state index contributed by atoms with van der Waals surface area (Å²) in [5, 5.41) is 4.33. The molecule has 1 amide bonds. The molecule has 0 aliphatic heterocycles. The number of hydrogen-bond donors (Lipinski definition) is 1. The largest absolute Gasteiger partial charge is 0.324 e. The number of rotatable bonds is 6. The molecule has 0 aliphatic rings. The molecule has 34 heavy (non-hydrogen) atoms. The maximum Gasteiger partial charge on any atom is 0.265 e. The Morgan fingerprint density at radius 1 is 0.824 bits per heavy atom. The quantitative estimate of drug-likeness (QED) is 0.379. The van der Waals surface area contributed by atoms with Crippen LogP contribution in [0.25, 0.3) is 10.8 Å². The summed E-state index contributed by atoms with van der Waals surface area (Å²) >= 11 is 0. The molecule has 0 radical (unpaired) electrons. The van der Waals surface area contributed by atoms with E-state index < -0.39 is 15.9 Å². The summed E-state index contributed by atoms with van der Waals surface area (Å²) in [6.45, 7) is 7.36. The Morgan fingerprint density at radius 2 is 1.53 bits per heavy atom. The van der Waals surface area contributed by atoms with Gasteiger partial charge in [-0.25, -0.2) is 8.42 Å². The molecule has 6 heteroatoms. The third-order valence-electron chi connectivity index (χ3n) is 6.11. The minimum absolute atomic E-state index is 0.172. The molecule has 0 aromatic heterocycles. The molecule has 0 saturated heterocycles. The summed E-state index contributed by atoms with van der Waals surface area (Å²) < 4.78 is 29.3. The summed E-state index contributed by atoms with van der Waals surface area (Å²) in [6, 6.07) is 23.8. The minimum Gasteiger partial charge on any atom is -0.324 e. The number of anilines is 2. The molecule has 4 aromatic carbocycles. The maximum absolute atomic E-state index is 14.1. The molecule has 0 saturated carbocycles. The summed E-state index contributed by atoms with van der Waals surface area (Å²) in [6.07, 6.45) is 0. The van der Waals surface area contributed by atoms with Gasteiger partial charge in [-0.3, -0.25) is 9.10 Å². The average Bonchev–Trinajstić information content (AvgIpc) is 2.81.